The van der Waals surface area contributed by atoms with E-state index in [1.807, 2.05) is 17.0 Å². The second kappa shape index (κ2) is 12.5. The largest absolute Gasteiger partial charge is 0.481 e. The van der Waals surface area contributed by atoms with E-state index < -0.39 is 17.8 Å². The average molecular weight is 554 g/mol. The Bertz CT molecular complexity index is 1330. The van der Waals surface area contributed by atoms with Gasteiger partial charge in [0.15, 0.2) is 5.69 Å². The first-order chi connectivity index (χ1) is 19.0. The summed E-state index contributed by atoms with van der Waals surface area (Å²) in [4.78, 5) is 48.6. The number of carboxylic acids is 1. The van der Waals surface area contributed by atoms with Gasteiger partial charge in [0, 0.05) is 61.9 Å². The van der Waals surface area contributed by atoms with Crippen LogP contribution >= 0.6 is 11.3 Å². The monoisotopic (exact) mass is 553 g/mol. The number of nitrogens with one attached hydrogen (secondary N) is 2. The van der Waals surface area contributed by atoms with Crippen molar-refractivity contribution in [1.82, 2.24) is 30.0 Å². The number of aryl methyl sites for hydroxylation is 1. The maximum atomic E-state index is 13.2. The topological polar surface area (TPSA) is 152 Å². The highest BCUT2D eigenvalue weighted by Gasteiger charge is 2.25. The van der Waals surface area contributed by atoms with Crippen LogP contribution in [-0.2, 0) is 16.0 Å². The summed E-state index contributed by atoms with van der Waals surface area (Å²) < 4.78 is 7.19. The average Bonchev–Trinajstić information content (AvgIpc) is 3.60. The Morgan fingerprint density at radius 3 is 2.87 bits per heavy atom. The number of ether oxygens (including phenoxy) is 1. The zero-order chi connectivity index (χ0) is 27.2. The Balaban J connectivity index is 1.44. The summed E-state index contributed by atoms with van der Waals surface area (Å²) in [6.45, 7) is 3.04. The normalized spacial score (nSPS) is 17.9. The molecule has 1 fully saturated rings. The molecule has 0 spiro atoms. The Morgan fingerprint density at radius 2 is 2.05 bits per heavy atom. The highest BCUT2D eigenvalue weighted by Crippen LogP contribution is 2.27. The molecule has 0 radical (unpaired) electrons. The van der Waals surface area contributed by atoms with E-state index in [4.69, 9.17) is 4.74 Å². The quantitative estimate of drug-likeness (QED) is 0.442. The SMILES string of the molecule is O=C(O)CCN1CCCc2cc(ccn2)-c2nc(cs2)C(=O)Nc2cn(C3CCOCC3)nc2C(=O)NCC1. The van der Waals surface area contributed by atoms with Crippen LogP contribution in [-0.4, -0.2) is 86.9 Å². The van der Waals surface area contributed by atoms with Crippen LogP contribution in [0, 0.1) is 0 Å². The fourth-order valence-corrected chi connectivity index (χ4v) is 5.51. The Labute approximate surface area is 229 Å². The van der Waals surface area contributed by atoms with E-state index in [0.717, 1.165) is 30.5 Å². The molecule has 0 aliphatic carbocycles. The van der Waals surface area contributed by atoms with Gasteiger partial charge in [0.2, 0.25) is 0 Å². The highest BCUT2D eigenvalue weighted by molar-refractivity contribution is 7.13. The van der Waals surface area contributed by atoms with Crippen molar-refractivity contribution in [2.45, 2.75) is 38.1 Å². The molecule has 1 saturated heterocycles. The van der Waals surface area contributed by atoms with E-state index in [1.165, 1.54) is 11.3 Å². The molecule has 12 nitrogen and oxygen atoms in total. The molecule has 5 rings (SSSR count). The van der Waals surface area contributed by atoms with Crippen molar-refractivity contribution in [2.24, 2.45) is 0 Å². The fraction of sp³-hybridized carbons (Fsp3) is 0.462. The molecular weight excluding hydrogens is 522 g/mol. The number of aliphatic carboxylic acids is 1. The van der Waals surface area contributed by atoms with Crippen LogP contribution in [0.25, 0.3) is 10.6 Å². The van der Waals surface area contributed by atoms with Crippen molar-refractivity contribution in [3.05, 3.63) is 47.0 Å². The van der Waals surface area contributed by atoms with Crippen molar-refractivity contribution in [3.8, 4) is 10.6 Å². The van der Waals surface area contributed by atoms with E-state index in [1.54, 1.807) is 22.5 Å². The van der Waals surface area contributed by atoms with Crippen LogP contribution in [0.1, 0.15) is 58.4 Å². The van der Waals surface area contributed by atoms with Gasteiger partial charge in [-0.2, -0.15) is 5.10 Å². The van der Waals surface area contributed by atoms with E-state index in [2.05, 4.69) is 25.7 Å². The lowest BCUT2D eigenvalue weighted by atomic mass is 10.1. The third-order valence-electron chi connectivity index (χ3n) is 6.82. The number of nitrogens with zero attached hydrogens (tertiary/aromatic N) is 5. The van der Waals surface area contributed by atoms with Gasteiger partial charge >= 0.3 is 5.97 Å². The highest BCUT2D eigenvalue weighted by atomic mass is 32.1. The molecule has 13 heteroatoms. The third kappa shape index (κ3) is 6.85. The Hall–Kier alpha value is -3.68. The first-order valence-corrected chi connectivity index (χ1v) is 14.0. The fourth-order valence-electron chi connectivity index (χ4n) is 4.72. The molecule has 4 bridgehead atoms. The summed E-state index contributed by atoms with van der Waals surface area (Å²) in [5, 5.41) is 21.9. The number of hydrogen-bond donors (Lipinski definition) is 3. The van der Waals surface area contributed by atoms with Gasteiger partial charge in [0.25, 0.3) is 11.8 Å². The van der Waals surface area contributed by atoms with Gasteiger partial charge < -0.3 is 25.4 Å². The lowest BCUT2D eigenvalue weighted by molar-refractivity contribution is -0.137. The maximum Gasteiger partial charge on any atom is 0.304 e. The molecule has 2 amide bonds. The summed E-state index contributed by atoms with van der Waals surface area (Å²) in [6.07, 6.45) is 6.45. The molecule has 0 aromatic carbocycles. The minimum atomic E-state index is -0.866. The number of anilines is 1. The minimum Gasteiger partial charge on any atom is -0.481 e. The number of carbonyl (C=O) groups is 3. The maximum absolute atomic E-state index is 13.2. The van der Waals surface area contributed by atoms with Crippen molar-refractivity contribution in [3.63, 3.8) is 0 Å². The number of hydrogen-bond acceptors (Lipinski definition) is 9. The predicted molar refractivity (Wildman–Crippen MR) is 144 cm³/mol. The number of aromatic nitrogens is 4. The first-order valence-electron chi connectivity index (χ1n) is 13.1. The van der Waals surface area contributed by atoms with Crippen LogP contribution < -0.4 is 10.6 Å². The molecule has 5 heterocycles. The molecule has 3 N–H and O–H groups in total. The number of fused-ring (bicyclic) bond motifs is 6. The van der Waals surface area contributed by atoms with E-state index in [-0.39, 0.29) is 23.9 Å². The second-order valence-corrected chi connectivity index (χ2v) is 10.4. The second-order valence-electron chi connectivity index (χ2n) is 9.59. The molecule has 206 valence electrons. The molecular formula is C26H31N7O5S. The van der Waals surface area contributed by atoms with Crippen LogP contribution in [0.15, 0.2) is 29.9 Å². The van der Waals surface area contributed by atoms with E-state index in [0.29, 0.717) is 56.5 Å². The summed E-state index contributed by atoms with van der Waals surface area (Å²) in [5.74, 6) is -1.70. The van der Waals surface area contributed by atoms with Crippen molar-refractivity contribution in [2.75, 3.05) is 44.7 Å². The van der Waals surface area contributed by atoms with E-state index in [9.17, 15) is 19.5 Å². The third-order valence-corrected chi connectivity index (χ3v) is 7.71. The van der Waals surface area contributed by atoms with Gasteiger partial charge in [-0.1, -0.05) is 0 Å². The molecule has 0 saturated carbocycles. The number of thiazole rings is 1. The molecule has 3 aromatic heterocycles. The van der Waals surface area contributed by atoms with Gasteiger partial charge in [-0.25, -0.2) is 4.98 Å². The van der Waals surface area contributed by atoms with Gasteiger partial charge in [0.1, 0.15) is 10.7 Å². The van der Waals surface area contributed by atoms with Gasteiger partial charge in [-0.15, -0.1) is 11.3 Å². The van der Waals surface area contributed by atoms with Crippen LogP contribution in [0.3, 0.4) is 0 Å². The van der Waals surface area contributed by atoms with Gasteiger partial charge in [0.05, 0.1) is 18.2 Å². The zero-order valence-electron chi connectivity index (χ0n) is 21.5. The van der Waals surface area contributed by atoms with Crippen LogP contribution in [0.4, 0.5) is 5.69 Å². The van der Waals surface area contributed by atoms with E-state index >= 15 is 0 Å². The van der Waals surface area contributed by atoms with Crippen molar-refractivity contribution in [1.29, 1.82) is 0 Å². The predicted octanol–water partition coefficient (Wildman–Crippen LogP) is 2.46. The summed E-state index contributed by atoms with van der Waals surface area (Å²) in [7, 11) is 0. The molecule has 0 atom stereocenters. The summed E-state index contributed by atoms with van der Waals surface area (Å²) in [6, 6.07) is 3.90. The molecule has 2 aliphatic heterocycles. The standard InChI is InChI=1S/C26H31N7O5S/c34-22(35)4-10-32-9-1-2-18-14-17(3-7-27-18)26-30-21(16-39-26)24(36)29-20-15-33(19-5-12-38-13-6-19)31-23(20)25(37)28-8-11-32/h3,7,14-16,19H,1-2,4-6,8-13H2,(H,28,37)(H,29,36)(H,34,35). The first kappa shape index (κ1) is 26.9. The number of carboxylic acid groups (broad SMARTS) is 1. The molecule has 0 unspecified atom stereocenters. The van der Waals surface area contributed by atoms with Crippen LogP contribution in [0.2, 0.25) is 0 Å². The number of pyridine rings is 1. The van der Waals surface area contributed by atoms with Crippen LogP contribution in [0.5, 0.6) is 0 Å². The zero-order valence-corrected chi connectivity index (χ0v) is 22.3. The van der Waals surface area contributed by atoms with Gasteiger partial charge in [-0.3, -0.25) is 24.0 Å². The Morgan fingerprint density at radius 1 is 1.21 bits per heavy atom. The number of rotatable bonds is 4. The lowest BCUT2D eigenvalue weighted by Gasteiger charge is -2.22. The minimum absolute atomic E-state index is 0.0136. The molecule has 2 aliphatic rings. The molecule has 39 heavy (non-hydrogen) atoms. The van der Waals surface area contributed by atoms with Gasteiger partial charge in [-0.05, 0) is 44.4 Å². The summed E-state index contributed by atoms with van der Waals surface area (Å²) >= 11 is 1.36. The lowest BCUT2D eigenvalue weighted by Crippen LogP contribution is -2.37. The smallest absolute Gasteiger partial charge is 0.304 e. The van der Waals surface area contributed by atoms with Crippen molar-refractivity contribution >= 4 is 34.8 Å². The summed E-state index contributed by atoms with van der Waals surface area (Å²) in [5.41, 5.74) is 2.47. The number of carbonyl (C=O) groups excluding carboxylic acids is 2. The Kier molecular flexibility index (Phi) is 8.59. The molecule has 3 aromatic rings. The number of amides is 2. The van der Waals surface area contributed by atoms with Crippen molar-refractivity contribution < 1.29 is 24.2 Å².